The summed E-state index contributed by atoms with van der Waals surface area (Å²) in [7, 11) is 0. The van der Waals surface area contributed by atoms with Crippen molar-refractivity contribution < 1.29 is 0 Å². The van der Waals surface area contributed by atoms with Gasteiger partial charge in [0.15, 0.2) is 0 Å². The standard InChI is InChI=1S/C12H23N.C2H6/c1-3-8-12(13)9-4-6-11(2)7-5-10-12;1-2/h3,11H,1,4-10,13H2,2H3;1-2H3. The van der Waals surface area contributed by atoms with Crippen molar-refractivity contribution in [2.75, 3.05) is 0 Å². The Morgan fingerprint density at radius 1 is 1.27 bits per heavy atom. The largest absolute Gasteiger partial charge is 0.325 e. The summed E-state index contributed by atoms with van der Waals surface area (Å²) in [5.41, 5.74) is 6.38. The Morgan fingerprint density at radius 3 is 2.13 bits per heavy atom. The Hall–Kier alpha value is -0.300. The molecule has 0 radical (unpaired) electrons. The second-order valence-corrected chi connectivity index (χ2v) is 4.74. The van der Waals surface area contributed by atoms with E-state index in [1.165, 1.54) is 38.5 Å². The van der Waals surface area contributed by atoms with Gasteiger partial charge < -0.3 is 5.73 Å². The number of hydrogen-bond acceptors (Lipinski definition) is 1. The van der Waals surface area contributed by atoms with Crippen LogP contribution < -0.4 is 5.73 Å². The summed E-state index contributed by atoms with van der Waals surface area (Å²) >= 11 is 0. The van der Waals surface area contributed by atoms with Gasteiger partial charge in [0.1, 0.15) is 0 Å². The van der Waals surface area contributed by atoms with Crippen LogP contribution in [-0.4, -0.2) is 5.54 Å². The molecule has 1 fully saturated rings. The zero-order valence-electron chi connectivity index (χ0n) is 10.9. The molecule has 0 bridgehead atoms. The monoisotopic (exact) mass is 211 g/mol. The van der Waals surface area contributed by atoms with Gasteiger partial charge in [-0.2, -0.15) is 0 Å². The van der Waals surface area contributed by atoms with Crippen molar-refractivity contribution in [1.29, 1.82) is 0 Å². The van der Waals surface area contributed by atoms with E-state index in [2.05, 4.69) is 13.5 Å². The number of rotatable bonds is 2. The molecule has 15 heavy (non-hydrogen) atoms. The van der Waals surface area contributed by atoms with Crippen LogP contribution in [0.5, 0.6) is 0 Å². The highest BCUT2D eigenvalue weighted by molar-refractivity contribution is 4.91. The quantitative estimate of drug-likeness (QED) is 0.678. The number of nitrogens with two attached hydrogens (primary N) is 1. The first-order valence-corrected chi connectivity index (χ1v) is 6.56. The van der Waals surface area contributed by atoms with Crippen LogP contribution in [0.1, 0.15) is 65.7 Å². The summed E-state index contributed by atoms with van der Waals surface area (Å²) < 4.78 is 0. The van der Waals surface area contributed by atoms with E-state index in [4.69, 9.17) is 5.73 Å². The van der Waals surface area contributed by atoms with Gasteiger partial charge in [-0.1, -0.05) is 52.5 Å². The molecule has 0 aromatic carbocycles. The van der Waals surface area contributed by atoms with Crippen LogP contribution in [0.3, 0.4) is 0 Å². The van der Waals surface area contributed by atoms with Gasteiger partial charge in [-0.15, -0.1) is 6.58 Å². The van der Waals surface area contributed by atoms with Crippen molar-refractivity contribution in [1.82, 2.24) is 0 Å². The van der Waals surface area contributed by atoms with Gasteiger partial charge >= 0.3 is 0 Å². The predicted molar refractivity (Wildman–Crippen MR) is 69.9 cm³/mol. The zero-order valence-corrected chi connectivity index (χ0v) is 10.9. The minimum absolute atomic E-state index is 0.0713. The molecular formula is C14H29N. The normalized spacial score (nSPS) is 31.9. The molecule has 1 rings (SSSR count). The summed E-state index contributed by atoms with van der Waals surface area (Å²) in [4.78, 5) is 0. The van der Waals surface area contributed by atoms with Crippen LogP contribution in [0.4, 0.5) is 0 Å². The average Bonchev–Trinajstić information content (AvgIpc) is 2.19. The third kappa shape index (κ3) is 5.99. The summed E-state index contributed by atoms with van der Waals surface area (Å²) in [6.45, 7) is 10.1. The van der Waals surface area contributed by atoms with E-state index in [0.717, 1.165) is 12.3 Å². The fraction of sp³-hybridized carbons (Fsp3) is 0.857. The average molecular weight is 211 g/mol. The molecule has 0 aromatic heterocycles. The smallest absolute Gasteiger partial charge is 0.0189 e. The van der Waals surface area contributed by atoms with Crippen molar-refractivity contribution in [3.8, 4) is 0 Å². The van der Waals surface area contributed by atoms with E-state index in [9.17, 15) is 0 Å². The van der Waals surface area contributed by atoms with Gasteiger partial charge in [-0.05, 0) is 25.2 Å². The Balaban J connectivity index is 0.000000921. The SMILES string of the molecule is C=CCC1(N)CCCC(C)CCC1.CC. The van der Waals surface area contributed by atoms with Crippen molar-refractivity contribution in [3.05, 3.63) is 12.7 Å². The van der Waals surface area contributed by atoms with Gasteiger partial charge in [-0.25, -0.2) is 0 Å². The molecule has 0 saturated heterocycles. The molecule has 0 amide bonds. The molecule has 1 saturated carbocycles. The fourth-order valence-electron chi connectivity index (χ4n) is 2.37. The Kier molecular flexibility index (Phi) is 7.76. The van der Waals surface area contributed by atoms with Crippen molar-refractivity contribution in [3.63, 3.8) is 0 Å². The summed E-state index contributed by atoms with van der Waals surface area (Å²) in [6, 6.07) is 0. The molecule has 0 aliphatic heterocycles. The van der Waals surface area contributed by atoms with Crippen LogP contribution >= 0.6 is 0 Å². The third-order valence-electron chi connectivity index (χ3n) is 3.29. The van der Waals surface area contributed by atoms with Gasteiger partial charge in [-0.3, -0.25) is 0 Å². The van der Waals surface area contributed by atoms with Crippen LogP contribution in [0.15, 0.2) is 12.7 Å². The van der Waals surface area contributed by atoms with E-state index in [1.807, 2.05) is 19.9 Å². The van der Waals surface area contributed by atoms with E-state index in [-0.39, 0.29) is 5.54 Å². The highest BCUT2D eigenvalue weighted by Crippen LogP contribution is 2.29. The first-order valence-electron chi connectivity index (χ1n) is 6.56. The molecule has 0 spiro atoms. The number of hydrogen-bond donors (Lipinski definition) is 1. The summed E-state index contributed by atoms with van der Waals surface area (Å²) in [5.74, 6) is 0.910. The summed E-state index contributed by atoms with van der Waals surface area (Å²) in [6.07, 6.45) is 10.6. The maximum atomic E-state index is 6.31. The lowest BCUT2D eigenvalue weighted by Crippen LogP contribution is -2.40. The topological polar surface area (TPSA) is 26.0 Å². The molecule has 0 atom stereocenters. The molecule has 1 aliphatic carbocycles. The molecule has 2 N–H and O–H groups in total. The van der Waals surface area contributed by atoms with E-state index >= 15 is 0 Å². The maximum absolute atomic E-state index is 6.31. The van der Waals surface area contributed by atoms with Gasteiger partial charge in [0, 0.05) is 5.54 Å². The lowest BCUT2D eigenvalue weighted by Gasteiger charge is -2.31. The lowest BCUT2D eigenvalue weighted by atomic mass is 9.80. The second kappa shape index (κ2) is 7.92. The third-order valence-corrected chi connectivity index (χ3v) is 3.29. The molecule has 1 heteroatoms. The zero-order chi connectivity index (χ0) is 11.7. The highest BCUT2D eigenvalue weighted by Gasteiger charge is 2.24. The molecule has 1 aliphatic rings. The molecule has 0 aromatic rings. The van der Waals surface area contributed by atoms with Crippen LogP contribution in [0, 0.1) is 5.92 Å². The van der Waals surface area contributed by atoms with E-state index in [1.54, 1.807) is 0 Å². The lowest BCUT2D eigenvalue weighted by molar-refractivity contribution is 0.288. The predicted octanol–water partition coefficient (Wildman–Crippen LogP) is 4.28. The second-order valence-electron chi connectivity index (χ2n) is 4.74. The van der Waals surface area contributed by atoms with Crippen LogP contribution in [-0.2, 0) is 0 Å². The highest BCUT2D eigenvalue weighted by atomic mass is 14.7. The van der Waals surface area contributed by atoms with Crippen LogP contribution in [0.25, 0.3) is 0 Å². The van der Waals surface area contributed by atoms with Gasteiger partial charge in [0.05, 0.1) is 0 Å². The fourth-order valence-corrected chi connectivity index (χ4v) is 2.37. The molecule has 0 heterocycles. The first kappa shape index (κ1) is 14.7. The van der Waals surface area contributed by atoms with Crippen molar-refractivity contribution in [2.24, 2.45) is 11.7 Å². The van der Waals surface area contributed by atoms with Crippen molar-refractivity contribution in [2.45, 2.75) is 71.3 Å². The summed E-state index contributed by atoms with van der Waals surface area (Å²) in [5, 5.41) is 0. The first-order chi connectivity index (χ1) is 7.16. The molecule has 1 nitrogen and oxygen atoms in total. The van der Waals surface area contributed by atoms with Crippen molar-refractivity contribution >= 4 is 0 Å². The van der Waals surface area contributed by atoms with Crippen LogP contribution in [0.2, 0.25) is 0 Å². The van der Waals surface area contributed by atoms with Gasteiger partial charge in [0.2, 0.25) is 0 Å². The minimum atomic E-state index is 0.0713. The molecule has 90 valence electrons. The van der Waals surface area contributed by atoms with E-state index < -0.39 is 0 Å². The Morgan fingerprint density at radius 2 is 1.73 bits per heavy atom. The Bertz CT molecular complexity index is 153. The maximum Gasteiger partial charge on any atom is 0.0189 e. The van der Waals surface area contributed by atoms with E-state index in [0.29, 0.717) is 0 Å². The van der Waals surface area contributed by atoms with Gasteiger partial charge in [0.25, 0.3) is 0 Å². The molecule has 0 unspecified atom stereocenters. The molecular weight excluding hydrogens is 182 g/mol. The minimum Gasteiger partial charge on any atom is -0.325 e. The Labute approximate surface area is 96.1 Å².